The van der Waals surface area contributed by atoms with Gasteiger partial charge in [0.1, 0.15) is 16.8 Å². The Balaban J connectivity index is 2.03. The van der Waals surface area contributed by atoms with Gasteiger partial charge in [0, 0.05) is 17.7 Å². The van der Waals surface area contributed by atoms with Gasteiger partial charge < -0.3 is 9.47 Å². The number of benzene rings is 2. The van der Waals surface area contributed by atoms with Crippen molar-refractivity contribution in [3.05, 3.63) is 68.6 Å². The van der Waals surface area contributed by atoms with Gasteiger partial charge in [0.05, 0.1) is 10.0 Å². The van der Waals surface area contributed by atoms with E-state index < -0.39 is 0 Å². The van der Waals surface area contributed by atoms with E-state index in [-0.39, 0.29) is 39.3 Å². The van der Waals surface area contributed by atoms with Crippen LogP contribution >= 0.6 is 46.4 Å². The van der Waals surface area contributed by atoms with Gasteiger partial charge in [0.25, 0.3) is 0 Å². The molecule has 2 rings (SSSR count). The highest BCUT2D eigenvalue weighted by Gasteiger charge is 2.13. The summed E-state index contributed by atoms with van der Waals surface area (Å²) in [5, 5.41) is 0.471. The van der Waals surface area contributed by atoms with Crippen LogP contribution in [-0.2, 0) is 0 Å². The summed E-state index contributed by atoms with van der Waals surface area (Å²) >= 11 is 23.3. The summed E-state index contributed by atoms with van der Waals surface area (Å²) in [6, 6.07) is 11.9. The van der Waals surface area contributed by atoms with Gasteiger partial charge in [-0.25, -0.2) is 0 Å². The van der Waals surface area contributed by atoms with Crippen molar-refractivity contribution < 1.29 is 14.3 Å². The summed E-state index contributed by atoms with van der Waals surface area (Å²) in [6.07, 6.45) is 1.48. The lowest BCUT2D eigenvalue weighted by atomic mass is 10.1. The van der Waals surface area contributed by atoms with Gasteiger partial charge in [-0.2, -0.15) is 0 Å². The number of ether oxygens (including phenoxy) is 2. The molecule has 0 heterocycles. The standard InChI is InChI=1S/C17H12Cl4O3/c18-13-8-12(23-7-6-16(20)21)9-14(19)17(13)24-10-15(22)11-4-2-1-3-5-11/h1-6,8-9H,7,10H2. The van der Waals surface area contributed by atoms with Crippen molar-refractivity contribution in [2.45, 2.75) is 0 Å². The first-order valence-electron chi connectivity index (χ1n) is 6.81. The summed E-state index contributed by atoms with van der Waals surface area (Å²) in [6.45, 7) is -0.00403. The van der Waals surface area contributed by atoms with Crippen molar-refractivity contribution in [2.75, 3.05) is 13.2 Å². The highest BCUT2D eigenvalue weighted by Crippen LogP contribution is 2.37. The number of ketones is 1. The van der Waals surface area contributed by atoms with Crippen LogP contribution in [0.25, 0.3) is 0 Å². The average molecular weight is 406 g/mol. The summed E-state index contributed by atoms with van der Waals surface area (Å²) in [7, 11) is 0. The SMILES string of the molecule is O=C(COc1c(Cl)cc(OCC=C(Cl)Cl)cc1Cl)c1ccccc1. The molecule has 0 amide bonds. The Labute approximate surface area is 159 Å². The molecule has 0 aromatic heterocycles. The third-order valence-electron chi connectivity index (χ3n) is 2.90. The fourth-order valence-corrected chi connectivity index (χ4v) is 2.51. The molecule has 0 saturated carbocycles. The molecule has 0 unspecified atom stereocenters. The van der Waals surface area contributed by atoms with E-state index in [1.54, 1.807) is 24.3 Å². The molecular weight excluding hydrogens is 394 g/mol. The molecule has 0 aliphatic carbocycles. The first kappa shape index (κ1) is 18.9. The van der Waals surface area contributed by atoms with Crippen LogP contribution in [0.5, 0.6) is 11.5 Å². The maximum absolute atomic E-state index is 12.0. The van der Waals surface area contributed by atoms with Crippen LogP contribution in [-0.4, -0.2) is 19.0 Å². The van der Waals surface area contributed by atoms with Crippen molar-refractivity contribution >= 4 is 52.2 Å². The number of Topliss-reactive ketones (excluding diaryl/α,β-unsaturated/α-hetero) is 1. The van der Waals surface area contributed by atoms with E-state index in [0.29, 0.717) is 11.3 Å². The molecule has 0 radical (unpaired) electrons. The molecule has 2 aromatic rings. The first-order chi connectivity index (χ1) is 11.5. The highest BCUT2D eigenvalue weighted by atomic mass is 35.5. The number of halogens is 4. The number of rotatable bonds is 7. The van der Waals surface area contributed by atoms with Gasteiger partial charge in [0.2, 0.25) is 0 Å². The zero-order valence-corrected chi connectivity index (χ0v) is 15.3. The Morgan fingerprint density at radius 3 is 2.21 bits per heavy atom. The van der Waals surface area contributed by atoms with Gasteiger partial charge in [-0.1, -0.05) is 76.7 Å². The second-order valence-electron chi connectivity index (χ2n) is 4.60. The lowest BCUT2D eigenvalue weighted by Crippen LogP contribution is -2.12. The molecule has 126 valence electrons. The van der Waals surface area contributed by atoms with E-state index in [2.05, 4.69) is 0 Å². The fraction of sp³-hybridized carbons (Fsp3) is 0.118. The van der Waals surface area contributed by atoms with Crippen molar-refractivity contribution in [1.29, 1.82) is 0 Å². The van der Waals surface area contributed by atoms with Gasteiger partial charge >= 0.3 is 0 Å². The van der Waals surface area contributed by atoms with E-state index in [9.17, 15) is 4.79 Å². The zero-order chi connectivity index (χ0) is 17.5. The minimum absolute atomic E-state index is 0.103. The largest absolute Gasteiger partial charge is 0.489 e. The molecule has 0 fully saturated rings. The summed E-state index contributed by atoms with van der Waals surface area (Å²) < 4.78 is 11.0. The average Bonchev–Trinajstić information content (AvgIpc) is 2.54. The third kappa shape index (κ3) is 5.60. The van der Waals surface area contributed by atoms with Crippen LogP contribution in [0.2, 0.25) is 10.0 Å². The van der Waals surface area contributed by atoms with Gasteiger partial charge in [-0.3, -0.25) is 4.79 Å². The van der Waals surface area contributed by atoms with Gasteiger partial charge in [-0.15, -0.1) is 0 Å². The normalized spacial score (nSPS) is 10.2. The molecule has 0 N–H and O–H groups in total. The quantitative estimate of drug-likeness (QED) is 0.533. The van der Waals surface area contributed by atoms with E-state index in [1.165, 1.54) is 18.2 Å². The minimum atomic E-state index is -0.176. The predicted molar refractivity (Wildman–Crippen MR) is 98.0 cm³/mol. The summed E-state index contributed by atoms with van der Waals surface area (Å²) in [5.41, 5.74) is 0.550. The van der Waals surface area contributed by atoms with Crippen LogP contribution in [0.1, 0.15) is 10.4 Å². The molecule has 0 spiro atoms. The molecule has 24 heavy (non-hydrogen) atoms. The molecule has 0 aliphatic heterocycles. The maximum Gasteiger partial charge on any atom is 0.200 e. The van der Waals surface area contributed by atoms with E-state index >= 15 is 0 Å². The van der Waals surface area contributed by atoms with Crippen molar-refractivity contribution in [2.24, 2.45) is 0 Å². The lowest BCUT2D eigenvalue weighted by molar-refractivity contribution is 0.0921. The van der Waals surface area contributed by atoms with E-state index in [0.717, 1.165) is 0 Å². The summed E-state index contributed by atoms with van der Waals surface area (Å²) in [4.78, 5) is 12.0. The Morgan fingerprint density at radius 1 is 1.00 bits per heavy atom. The van der Waals surface area contributed by atoms with Crippen LogP contribution in [0, 0.1) is 0 Å². The monoisotopic (exact) mass is 404 g/mol. The van der Waals surface area contributed by atoms with Gasteiger partial charge in [0.15, 0.2) is 18.1 Å². The molecule has 0 bridgehead atoms. The number of carbonyl (C=O) groups is 1. The van der Waals surface area contributed by atoms with E-state index in [1.807, 2.05) is 6.07 Å². The smallest absolute Gasteiger partial charge is 0.200 e. The summed E-state index contributed by atoms with van der Waals surface area (Å²) in [5.74, 6) is 0.475. The molecule has 0 saturated heterocycles. The first-order valence-corrected chi connectivity index (χ1v) is 8.32. The second kappa shape index (κ2) is 9.19. The Kier molecular flexibility index (Phi) is 7.25. The number of hydrogen-bond acceptors (Lipinski definition) is 3. The zero-order valence-electron chi connectivity index (χ0n) is 12.3. The Morgan fingerprint density at radius 2 is 1.62 bits per heavy atom. The number of hydrogen-bond donors (Lipinski definition) is 0. The van der Waals surface area contributed by atoms with Crippen LogP contribution in [0.4, 0.5) is 0 Å². The Hall–Kier alpha value is -1.39. The minimum Gasteiger partial charge on any atom is -0.489 e. The van der Waals surface area contributed by atoms with Crippen molar-refractivity contribution in [1.82, 2.24) is 0 Å². The molecule has 2 aromatic carbocycles. The fourth-order valence-electron chi connectivity index (χ4n) is 1.80. The van der Waals surface area contributed by atoms with Crippen LogP contribution in [0.3, 0.4) is 0 Å². The highest BCUT2D eigenvalue weighted by molar-refractivity contribution is 6.55. The lowest BCUT2D eigenvalue weighted by Gasteiger charge is -2.12. The Bertz CT molecular complexity index is 718. The van der Waals surface area contributed by atoms with E-state index in [4.69, 9.17) is 55.9 Å². The molecule has 0 atom stereocenters. The maximum atomic E-state index is 12.0. The second-order valence-corrected chi connectivity index (χ2v) is 6.42. The van der Waals surface area contributed by atoms with Crippen molar-refractivity contribution in [3.8, 4) is 11.5 Å². The molecule has 3 nitrogen and oxygen atoms in total. The van der Waals surface area contributed by atoms with Crippen molar-refractivity contribution in [3.63, 3.8) is 0 Å². The molecule has 0 aliphatic rings. The third-order valence-corrected chi connectivity index (χ3v) is 3.77. The molecular formula is C17H12Cl4O3. The topological polar surface area (TPSA) is 35.5 Å². The number of carbonyl (C=O) groups excluding carboxylic acids is 1. The van der Waals surface area contributed by atoms with Crippen LogP contribution in [0.15, 0.2) is 53.0 Å². The molecule has 7 heteroatoms. The van der Waals surface area contributed by atoms with Crippen LogP contribution < -0.4 is 9.47 Å². The van der Waals surface area contributed by atoms with Gasteiger partial charge in [-0.05, 0) is 6.08 Å². The predicted octanol–water partition coefficient (Wildman–Crippen LogP) is 5.95.